The molecule has 1 aromatic carbocycles. The molecule has 2 aliphatic rings. The Labute approximate surface area is 225 Å². The number of nitrogens with two attached hydrogens (primary N) is 1. The summed E-state index contributed by atoms with van der Waals surface area (Å²) in [6.07, 6.45) is -0.370. The monoisotopic (exact) mass is 552 g/mol. The van der Waals surface area contributed by atoms with Gasteiger partial charge in [-0.05, 0) is 63.4 Å². The largest absolute Gasteiger partial charge is 0.417 e. The average Bonchev–Trinajstić information content (AvgIpc) is 3.22. The number of thiocarbonyl (C=S) groups is 1. The minimum Gasteiger partial charge on any atom is -0.375 e. The summed E-state index contributed by atoms with van der Waals surface area (Å²) in [4.78, 5) is 12.4. The Hall–Kier alpha value is -3.19. The van der Waals surface area contributed by atoms with E-state index in [2.05, 4.69) is 25.3 Å². The summed E-state index contributed by atoms with van der Waals surface area (Å²) in [5, 5.41) is 4.07. The number of hydrogen-bond acceptors (Lipinski definition) is 7. The van der Waals surface area contributed by atoms with E-state index in [1.54, 1.807) is 0 Å². The lowest BCUT2D eigenvalue weighted by molar-refractivity contribution is -0.137. The number of aromatic nitrogens is 1. The first-order chi connectivity index (χ1) is 18.0. The van der Waals surface area contributed by atoms with E-state index < -0.39 is 11.7 Å². The molecule has 2 fully saturated rings. The van der Waals surface area contributed by atoms with Crippen LogP contribution >= 0.6 is 12.2 Å². The van der Waals surface area contributed by atoms with E-state index >= 15 is 4.39 Å². The van der Waals surface area contributed by atoms with Crippen LogP contribution in [0.15, 0.2) is 35.6 Å². The van der Waals surface area contributed by atoms with Crippen molar-refractivity contribution in [1.82, 2.24) is 15.3 Å². The molecule has 3 heterocycles. The van der Waals surface area contributed by atoms with Crippen molar-refractivity contribution in [2.24, 2.45) is 10.8 Å². The molecule has 0 spiro atoms. The van der Waals surface area contributed by atoms with Gasteiger partial charge in [0.15, 0.2) is 5.11 Å². The Morgan fingerprint density at radius 1 is 1.11 bits per heavy atom. The van der Waals surface area contributed by atoms with Gasteiger partial charge in [-0.3, -0.25) is 5.43 Å². The zero-order valence-corrected chi connectivity index (χ0v) is 22.2. The molecule has 1 unspecified atom stereocenters. The van der Waals surface area contributed by atoms with E-state index in [0.29, 0.717) is 55.7 Å². The smallest absolute Gasteiger partial charge is 0.375 e. The van der Waals surface area contributed by atoms with E-state index in [-0.39, 0.29) is 10.9 Å². The third-order valence-electron chi connectivity index (χ3n) is 6.94. The average molecular weight is 553 g/mol. The van der Waals surface area contributed by atoms with Crippen LogP contribution in [0.5, 0.6) is 0 Å². The third-order valence-corrected chi connectivity index (χ3v) is 7.04. The van der Waals surface area contributed by atoms with Crippen LogP contribution in [0.1, 0.15) is 24.0 Å². The van der Waals surface area contributed by atoms with Gasteiger partial charge in [-0.1, -0.05) is 0 Å². The van der Waals surface area contributed by atoms with Crippen LogP contribution in [-0.4, -0.2) is 80.6 Å². The molecule has 38 heavy (non-hydrogen) atoms. The second-order valence-corrected chi connectivity index (χ2v) is 10.1. The summed E-state index contributed by atoms with van der Waals surface area (Å²) in [5.74, 6) is 0.0969. The van der Waals surface area contributed by atoms with E-state index in [0.717, 1.165) is 37.5 Å². The highest BCUT2D eigenvalue weighted by Gasteiger charge is 2.31. The van der Waals surface area contributed by atoms with Crippen LogP contribution in [0.3, 0.4) is 0 Å². The van der Waals surface area contributed by atoms with E-state index in [9.17, 15) is 13.2 Å². The molecule has 0 aliphatic carbocycles. The van der Waals surface area contributed by atoms with Crippen LogP contribution in [0, 0.1) is 5.82 Å². The van der Waals surface area contributed by atoms with E-state index in [4.69, 9.17) is 18.0 Å². The molecule has 4 rings (SSSR count). The first kappa shape index (κ1) is 27.8. The normalized spacial score (nSPS) is 18.9. The highest BCUT2D eigenvalue weighted by atomic mass is 32.1. The number of anilines is 3. The lowest BCUT2D eigenvalue weighted by Crippen LogP contribution is -2.33. The number of hydrazone groups is 1. The molecule has 206 valence electrons. The molecule has 0 amide bonds. The highest BCUT2D eigenvalue weighted by Crippen LogP contribution is 2.33. The van der Waals surface area contributed by atoms with Crippen LogP contribution in [-0.2, 0) is 6.18 Å². The van der Waals surface area contributed by atoms with Gasteiger partial charge >= 0.3 is 6.18 Å². The SMILES string of the molecule is CN(C)C1CCN(c2cc(N3CCCN(c4ccc(C(F)(F)F)cn4)CC3)c(F)cc2C=NNC(N)=S)C1. The molecule has 8 nitrogen and oxygen atoms in total. The van der Waals surface area contributed by atoms with Crippen molar-refractivity contribution < 1.29 is 17.6 Å². The van der Waals surface area contributed by atoms with E-state index in [1.165, 1.54) is 18.3 Å². The summed E-state index contributed by atoms with van der Waals surface area (Å²) < 4.78 is 54.2. The topological polar surface area (TPSA) is 76.3 Å². The van der Waals surface area contributed by atoms with Crippen LogP contribution in [0.4, 0.5) is 34.8 Å². The molecule has 13 heteroatoms. The fourth-order valence-corrected chi connectivity index (χ4v) is 4.91. The molecule has 2 aliphatic heterocycles. The summed E-state index contributed by atoms with van der Waals surface area (Å²) >= 11 is 4.81. The fraction of sp³-hybridized carbons (Fsp3) is 0.480. The van der Waals surface area contributed by atoms with Crippen molar-refractivity contribution in [3.05, 3.63) is 47.4 Å². The van der Waals surface area contributed by atoms with Crippen molar-refractivity contribution in [1.29, 1.82) is 0 Å². The minimum absolute atomic E-state index is 0.0189. The molecule has 0 bridgehead atoms. The molecule has 1 atom stereocenters. The van der Waals surface area contributed by atoms with Gasteiger partial charge in [-0.15, -0.1) is 0 Å². The Morgan fingerprint density at radius 3 is 2.47 bits per heavy atom. The number of rotatable bonds is 6. The molecule has 2 aromatic rings. The number of hydrogen-bond donors (Lipinski definition) is 2. The highest BCUT2D eigenvalue weighted by molar-refractivity contribution is 7.80. The number of nitrogens with zero attached hydrogens (tertiary/aromatic N) is 6. The van der Waals surface area contributed by atoms with Gasteiger partial charge in [-0.25, -0.2) is 9.37 Å². The molecular formula is C25H32F4N8S. The molecular weight excluding hydrogens is 520 g/mol. The Morgan fingerprint density at radius 2 is 1.84 bits per heavy atom. The van der Waals surface area contributed by atoms with E-state index in [1.807, 2.05) is 30.0 Å². The predicted molar refractivity (Wildman–Crippen MR) is 147 cm³/mol. The van der Waals surface area contributed by atoms with Gasteiger partial charge < -0.3 is 25.3 Å². The number of likely N-dealkylation sites (N-methyl/N-ethyl adjacent to an activating group) is 1. The van der Waals surface area contributed by atoms with Gasteiger partial charge in [0.25, 0.3) is 0 Å². The molecule has 1 aromatic heterocycles. The molecule has 2 saturated heterocycles. The minimum atomic E-state index is -4.43. The standard InChI is InChI=1S/C25H32F4N8S/c1-34(2)19-6-9-37(16-19)21-13-22(20(26)12-17(21)14-32-33-24(30)38)35-7-3-8-36(11-10-35)23-5-4-18(15-31-23)25(27,28)29/h4-5,12-15,19H,3,6-11,16H2,1-2H3,(H3,30,33,38). The second kappa shape index (κ2) is 11.7. The first-order valence-electron chi connectivity index (χ1n) is 12.4. The number of benzene rings is 1. The zero-order valence-electron chi connectivity index (χ0n) is 21.4. The maximum Gasteiger partial charge on any atom is 0.417 e. The third kappa shape index (κ3) is 6.62. The predicted octanol–water partition coefficient (Wildman–Crippen LogP) is 3.26. The number of pyridine rings is 1. The maximum absolute atomic E-state index is 15.5. The Balaban J connectivity index is 1.56. The molecule has 0 saturated carbocycles. The lowest BCUT2D eigenvalue weighted by atomic mass is 10.1. The summed E-state index contributed by atoms with van der Waals surface area (Å²) in [5.41, 5.74) is 9.17. The molecule has 0 radical (unpaired) electrons. The van der Waals surface area contributed by atoms with Gasteiger partial charge in [0.1, 0.15) is 11.6 Å². The van der Waals surface area contributed by atoms with Crippen LogP contribution in [0.25, 0.3) is 0 Å². The zero-order chi connectivity index (χ0) is 27.4. The molecule has 3 N–H and O–H groups in total. The van der Waals surface area contributed by atoms with Gasteiger partial charge in [0.2, 0.25) is 0 Å². The van der Waals surface area contributed by atoms with Crippen molar-refractivity contribution >= 4 is 40.7 Å². The van der Waals surface area contributed by atoms with Crippen LogP contribution < -0.4 is 25.9 Å². The van der Waals surface area contributed by atoms with Crippen LogP contribution in [0.2, 0.25) is 0 Å². The van der Waals surface area contributed by atoms with Crippen molar-refractivity contribution in [2.75, 3.05) is 68.1 Å². The van der Waals surface area contributed by atoms with Gasteiger partial charge in [-0.2, -0.15) is 18.3 Å². The number of alkyl halides is 3. The number of nitrogens with one attached hydrogen (secondary N) is 1. The van der Waals surface area contributed by atoms with Gasteiger partial charge in [0, 0.05) is 62.8 Å². The Kier molecular flexibility index (Phi) is 8.56. The second-order valence-electron chi connectivity index (χ2n) is 9.68. The summed E-state index contributed by atoms with van der Waals surface area (Å²) in [7, 11) is 4.10. The summed E-state index contributed by atoms with van der Waals surface area (Å²) in [6.45, 7) is 3.83. The Bertz CT molecular complexity index is 1160. The first-order valence-corrected chi connectivity index (χ1v) is 12.8. The quantitative estimate of drug-likeness (QED) is 0.245. The van der Waals surface area contributed by atoms with Gasteiger partial charge in [0.05, 0.1) is 17.5 Å². The fourth-order valence-electron chi connectivity index (χ4n) is 4.86. The van der Waals surface area contributed by atoms with Crippen molar-refractivity contribution in [3.63, 3.8) is 0 Å². The lowest BCUT2D eigenvalue weighted by Gasteiger charge is -2.28. The van der Waals surface area contributed by atoms with Crippen molar-refractivity contribution in [3.8, 4) is 0 Å². The summed E-state index contributed by atoms with van der Waals surface area (Å²) in [6, 6.07) is 6.15. The maximum atomic E-state index is 15.5. The van der Waals surface area contributed by atoms with Crippen molar-refractivity contribution in [2.45, 2.75) is 25.1 Å². The number of halogens is 4.